The molecule has 4 aromatic rings. The van der Waals surface area contributed by atoms with Crippen LogP contribution in [0.25, 0.3) is 10.1 Å². The molecule has 10 heteroatoms. The van der Waals surface area contributed by atoms with Gasteiger partial charge in [-0.25, -0.2) is 0 Å². The number of nitrogens with one attached hydrogen (secondary N) is 2. The summed E-state index contributed by atoms with van der Waals surface area (Å²) in [5.41, 5.74) is 8.53. The lowest BCUT2D eigenvalue weighted by Crippen LogP contribution is -2.42. The lowest BCUT2D eigenvalue weighted by molar-refractivity contribution is -0.130. The number of pyridine rings is 2. The SMILES string of the molecule is C[C@H](NC(=O)[C@@H]1CCC[C@H](c2ccccc2)C1)C(=O)CCc1cnc2c(c1)C(Cl)=CC2.C[C@H](NC(=O)[C@@H]1CCC[C@H](c2ccccc2)C1)C(=O)CCc1cnc2c(c1)C(Cl)=CC2. The van der Waals surface area contributed by atoms with Crippen molar-refractivity contribution in [3.8, 4) is 0 Å². The number of rotatable bonds is 14. The highest BCUT2D eigenvalue weighted by Gasteiger charge is 2.31. The average Bonchev–Trinajstić information content (AvgIpc) is 3.88. The Balaban J connectivity index is 0.000000186. The van der Waals surface area contributed by atoms with E-state index in [1.54, 1.807) is 13.8 Å². The number of ketones is 2. The fraction of sp³-hybridized carbons (Fsp3) is 0.423. The highest BCUT2D eigenvalue weighted by Crippen LogP contribution is 2.38. The number of fused-ring (bicyclic) bond motifs is 2. The van der Waals surface area contributed by atoms with E-state index < -0.39 is 12.1 Å². The zero-order chi connectivity index (χ0) is 43.6. The van der Waals surface area contributed by atoms with Crippen LogP contribution in [0.5, 0.6) is 0 Å². The number of nitrogens with zero attached hydrogens (tertiary/aromatic N) is 2. The molecule has 62 heavy (non-hydrogen) atoms. The molecule has 0 radical (unpaired) electrons. The number of Topliss-reactive ketones (excluding diaryl/α,β-unsaturated/α-hetero) is 2. The van der Waals surface area contributed by atoms with Crippen molar-refractivity contribution in [2.24, 2.45) is 11.8 Å². The van der Waals surface area contributed by atoms with Gasteiger partial charge in [0.05, 0.1) is 23.5 Å². The van der Waals surface area contributed by atoms with E-state index in [9.17, 15) is 19.2 Å². The second-order valence-corrected chi connectivity index (χ2v) is 18.3. The minimum absolute atomic E-state index is 0.0117. The van der Waals surface area contributed by atoms with E-state index in [1.807, 2.05) is 48.8 Å². The van der Waals surface area contributed by atoms with Gasteiger partial charge >= 0.3 is 0 Å². The van der Waals surface area contributed by atoms with Gasteiger partial charge in [-0.05, 0) is 111 Å². The maximum Gasteiger partial charge on any atom is 0.223 e. The molecule has 0 bridgehead atoms. The molecule has 2 amide bonds. The lowest BCUT2D eigenvalue weighted by Gasteiger charge is -2.29. The topological polar surface area (TPSA) is 118 Å². The maximum absolute atomic E-state index is 12.8. The van der Waals surface area contributed by atoms with Gasteiger partial charge in [0.15, 0.2) is 11.6 Å². The van der Waals surface area contributed by atoms with Gasteiger partial charge in [0.25, 0.3) is 0 Å². The molecule has 324 valence electrons. The van der Waals surface area contributed by atoms with E-state index in [1.165, 1.54) is 11.1 Å². The third kappa shape index (κ3) is 11.8. The molecular weight excluding hydrogens is 816 g/mol. The zero-order valence-electron chi connectivity index (χ0n) is 35.9. The Morgan fingerprint density at radius 3 is 1.42 bits per heavy atom. The molecule has 2 N–H and O–H groups in total. The van der Waals surface area contributed by atoms with Crippen LogP contribution < -0.4 is 10.6 Å². The standard InChI is InChI=1S/2C26H29ClN2O2/c2*1-17(25(30)13-10-18-14-22-23(27)11-12-24(22)28-16-18)29-26(31)21-9-5-8-20(15-21)19-6-3-2-4-7-19/h2*2-4,6-7,11,14,16-17,20-21H,5,8-10,12-13,15H2,1H3,(H,29,31)/t2*17-,20-,21+/m00/s1. The summed E-state index contributed by atoms with van der Waals surface area (Å²) in [5, 5.41) is 7.41. The van der Waals surface area contributed by atoms with Crippen LogP contribution in [0.2, 0.25) is 0 Å². The van der Waals surface area contributed by atoms with Gasteiger partial charge in [-0.2, -0.15) is 0 Å². The van der Waals surface area contributed by atoms with Crippen LogP contribution in [0, 0.1) is 11.8 Å². The summed E-state index contributed by atoms with van der Waals surface area (Å²) >= 11 is 12.4. The van der Waals surface area contributed by atoms with Crippen LogP contribution in [0.3, 0.4) is 0 Å². The van der Waals surface area contributed by atoms with E-state index in [2.05, 4.69) is 69.1 Å². The fourth-order valence-corrected chi connectivity index (χ4v) is 9.86. The first-order valence-electron chi connectivity index (χ1n) is 22.5. The molecule has 8 rings (SSSR count). The molecule has 0 saturated heterocycles. The number of amides is 2. The molecule has 2 saturated carbocycles. The Morgan fingerprint density at radius 1 is 0.613 bits per heavy atom. The monoisotopic (exact) mass is 872 g/mol. The van der Waals surface area contributed by atoms with Crippen molar-refractivity contribution < 1.29 is 19.2 Å². The Labute approximate surface area is 376 Å². The predicted octanol–water partition coefficient (Wildman–Crippen LogP) is 10.4. The van der Waals surface area contributed by atoms with E-state index in [0.717, 1.165) is 108 Å². The quantitative estimate of drug-likeness (QED) is 0.130. The summed E-state index contributed by atoms with van der Waals surface area (Å²) in [4.78, 5) is 59.9. The van der Waals surface area contributed by atoms with Crippen LogP contribution in [-0.4, -0.2) is 45.4 Å². The first-order valence-corrected chi connectivity index (χ1v) is 23.2. The Morgan fingerprint density at radius 2 is 1.02 bits per heavy atom. The van der Waals surface area contributed by atoms with Gasteiger partial charge in [-0.3, -0.25) is 29.1 Å². The third-order valence-corrected chi connectivity index (χ3v) is 13.9. The normalized spacial score (nSPS) is 21.2. The molecular formula is C52H58Cl2N4O4. The molecule has 2 fully saturated rings. The summed E-state index contributed by atoms with van der Waals surface area (Å²) in [5.74, 6) is 0.912. The molecule has 6 atom stereocenters. The van der Waals surface area contributed by atoms with Crippen LogP contribution in [0.4, 0.5) is 0 Å². The number of aryl methyl sites for hydroxylation is 2. The molecule has 0 aliphatic heterocycles. The second kappa shape index (κ2) is 21.4. The molecule has 2 aromatic carbocycles. The highest BCUT2D eigenvalue weighted by molar-refractivity contribution is 6.49. The van der Waals surface area contributed by atoms with Crippen molar-refractivity contribution in [2.45, 2.75) is 128 Å². The molecule has 0 unspecified atom stereocenters. The number of carbonyl (C=O) groups is 4. The van der Waals surface area contributed by atoms with Crippen molar-refractivity contribution >= 4 is 56.6 Å². The number of benzene rings is 2. The Kier molecular flexibility index (Phi) is 15.6. The van der Waals surface area contributed by atoms with Crippen molar-refractivity contribution in [3.05, 3.63) is 142 Å². The molecule has 8 nitrogen and oxygen atoms in total. The van der Waals surface area contributed by atoms with Gasteiger partial charge in [-0.1, -0.05) is 109 Å². The molecule has 2 aromatic heterocycles. The predicted molar refractivity (Wildman–Crippen MR) is 248 cm³/mol. The van der Waals surface area contributed by atoms with Crippen LogP contribution in [0.15, 0.2) is 97.3 Å². The summed E-state index contributed by atoms with van der Waals surface area (Å²) < 4.78 is 0. The molecule has 4 aliphatic rings. The smallest absolute Gasteiger partial charge is 0.223 e. The largest absolute Gasteiger partial charge is 0.346 e. The minimum Gasteiger partial charge on any atom is -0.346 e. The number of aromatic nitrogens is 2. The van der Waals surface area contributed by atoms with E-state index in [0.29, 0.717) is 37.5 Å². The van der Waals surface area contributed by atoms with Gasteiger partial charge in [0.1, 0.15) is 0 Å². The third-order valence-electron chi connectivity index (χ3n) is 13.2. The number of hydrogen-bond acceptors (Lipinski definition) is 6. The first kappa shape index (κ1) is 45.1. The van der Waals surface area contributed by atoms with Gasteiger partial charge in [-0.15, -0.1) is 0 Å². The van der Waals surface area contributed by atoms with Crippen molar-refractivity contribution in [2.75, 3.05) is 0 Å². The van der Waals surface area contributed by atoms with E-state index in [-0.39, 0.29) is 35.2 Å². The summed E-state index contributed by atoms with van der Waals surface area (Å²) in [7, 11) is 0. The number of halogens is 2. The van der Waals surface area contributed by atoms with E-state index >= 15 is 0 Å². The Hall–Kier alpha value is -4.92. The van der Waals surface area contributed by atoms with Crippen LogP contribution in [0.1, 0.15) is 135 Å². The van der Waals surface area contributed by atoms with Crippen molar-refractivity contribution in [1.29, 1.82) is 0 Å². The van der Waals surface area contributed by atoms with E-state index in [4.69, 9.17) is 23.2 Å². The summed E-state index contributed by atoms with van der Waals surface area (Å²) in [6.45, 7) is 3.58. The molecule has 0 spiro atoms. The summed E-state index contributed by atoms with van der Waals surface area (Å²) in [6, 6.07) is 24.0. The summed E-state index contributed by atoms with van der Waals surface area (Å²) in [6.07, 6.45) is 18.9. The average molecular weight is 874 g/mol. The molecule has 4 aliphatic carbocycles. The molecule has 2 heterocycles. The van der Waals surface area contributed by atoms with Crippen molar-refractivity contribution in [3.63, 3.8) is 0 Å². The maximum atomic E-state index is 12.8. The van der Waals surface area contributed by atoms with Gasteiger partial charge < -0.3 is 10.6 Å². The second-order valence-electron chi connectivity index (χ2n) is 17.5. The highest BCUT2D eigenvalue weighted by atomic mass is 35.5. The van der Waals surface area contributed by atoms with Crippen LogP contribution in [-0.2, 0) is 44.9 Å². The lowest BCUT2D eigenvalue weighted by atomic mass is 9.77. The number of carbonyl (C=O) groups excluding carboxylic acids is 4. The fourth-order valence-electron chi connectivity index (χ4n) is 9.38. The van der Waals surface area contributed by atoms with Crippen molar-refractivity contribution in [1.82, 2.24) is 20.6 Å². The van der Waals surface area contributed by atoms with Gasteiger partial charge in [0, 0.05) is 71.1 Å². The minimum atomic E-state index is -0.476. The Bertz CT molecular complexity index is 2130. The zero-order valence-corrected chi connectivity index (χ0v) is 37.4. The van der Waals surface area contributed by atoms with Gasteiger partial charge in [0.2, 0.25) is 11.8 Å². The van der Waals surface area contributed by atoms with Crippen LogP contribution >= 0.6 is 23.2 Å². The number of allylic oxidation sites excluding steroid dienone is 2. The number of hydrogen-bond donors (Lipinski definition) is 2. The first-order chi connectivity index (χ1) is 30.0.